The molecule has 7 heteroatoms. The highest BCUT2D eigenvalue weighted by Crippen LogP contribution is 2.27. The number of amides is 2. The number of likely N-dealkylation sites (N-methyl/N-ethyl adjacent to an activating group) is 1. The lowest BCUT2D eigenvalue weighted by Crippen LogP contribution is -2.39. The zero-order valence-corrected chi connectivity index (χ0v) is 12.1. The molecular weight excluding hydrogens is 264 g/mol. The maximum absolute atomic E-state index is 11.7. The molecule has 19 heavy (non-hydrogen) atoms. The minimum absolute atomic E-state index is 0.0589. The van der Waals surface area contributed by atoms with Gasteiger partial charge in [0, 0.05) is 30.4 Å². The molecule has 1 aromatic rings. The smallest absolute Gasteiger partial charge is 0.315 e. The Morgan fingerprint density at radius 3 is 2.79 bits per heavy atom. The van der Waals surface area contributed by atoms with Gasteiger partial charge in [0.1, 0.15) is 0 Å². The molecule has 1 aliphatic rings. The van der Waals surface area contributed by atoms with E-state index in [0.29, 0.717) is 5.13 Å². The molecule has 0 saturated carbocycles. The van der Waals surface area contributed by atoms with Crippen LogP contribution in [-0.2, 0) is 22.6 Å². The first-order chi connectivity index (χ1) is 8.95. The van der Waals surface area contributed by atoms with Crippen LogP contribution in [0.15, 0.2) is 0 Å². The van der Waals surface area contributed by atoms with Crippen molar-refractivity contribution in [1.29, 1.82) is 0 Å². The summed E-state index contributed by atoms with van der Waals surface area (Å²) in [6.45, 7) is 5.44. The van der Waals surface area contributed by atoms with Crippen LogP contribution in [-0.4, -0.2) is 41.3 Å². The van der Waals surface area contributed by atoms with Crippen LogP contribution < -0.4 is 10.6 Å². The average molecular weight is 282 g/mol. The van der Waals surface area contributed by atoms with E-state index in [-0.39, 0.29) is 6.04 Å². The summed E-state index contributed by atoms with van der Waals surface area (Å²) in [5, 5.41) is 5.61. The lowest BCUT2D eigenvalue weighted by Gasteiger charge is -2.20. The maximum atomic E-state index is 11.7. The van der Waals surface area contributed by atoms with E-state index in [1.807, 2.05) is 13.8 Å². The molecule has 1 aromatic heterocycles. The van der Waals surface area contributed by atoms with Crippen LogP contribution in [0.25, 0.3) is 0 Å². The summed E-state index contributed by atoms with van der Waals surface area (Å²) in [5.41, 5.74) is 1.03. The fourth-order valence-corrected chi connectivity index (χ4v) is 2.94. The number of anilines is 1. The Labute approximate surface area is 116 Å². The molecule has 1 aliphatic heterocycles. The molecule has 2 rings (SSSR count). The molecule has 2 heterocycles. The summed E-state index contributed by atoms with van der Waals surface area (Å²) < 4.78 is 0. The van der Waals surface area contributed by atoms with Crippen molar-refractivity contribution in [3.8, 4) is 0 Å². The molecule has 6 nitrogen and oxygen atoms in total. The molecule has 0 aliphatic carbocycles. The summed E-state index contributed by atoms with van der Waals surface area (Å²) in [6.07, 6.45) is 0.885. The molecule has 0 spiro atoms. The van der Waals surface area contributed by atoms with Crippen LogP contribution in [0.1, 0.15) is 24.4 Å². The second-order valence-electron chi connectivity index (χ2n) is 4.96. The van der Waals surface area contributed by atoms with E-state index in [4.69, 9.17) is 0 Å². The molecule has 0 unspecified atom stereocenters. The summed E-state index contributed by atoms with van der Waals surface area (Å²) in [5.74, 6) is -1.28. The number of rotatable bonds is 2. The van der Waals surface area contributed by atoms with E-state index in [2.05, 4.69) is 27.6 Å². The van der Waals surface area contributed by atoms with Crippen LogP contribution in [0.5, 0.6) is 0 Å². The molecule has 0 fully saturated rings. The summed E-state index contributed by atoms with van der Waals surface area (Å²) in [6, 6.07) is -0.0589. The molecule has 0 radical (unpaired) electrons. The molecule has 2 N–H and O–H groups in total. The van der Waals surface area contributed by atoms with Gasteiger partial charge in [-0.15, -0.1) is 11.3 Å². The number of carbonyl (C=O) groups excluding carboxylic acids is 2. The van der Waals surface area contributed by atoms with Crippen molar-refractivity contribution >= 4 is 28.3 Å². The molecule has 0 bridgehead atoms. The summed E-state index contributed by atoms with van der Waals surface area (Å²) in [4.78, 5) is 30.9. The minimum atomic E-state index is -0.659. The number of thiazole rings is 1. The highest BCUT2D eigenvalue weighted by Gasteiger charge is 2.21. The number of carbonyl (C=O) groups is 2. The van der Waals surface area contributed by atoms with Crippen molar-refractivity contribution in [3.63, 3.8) is 0 Å². The lowest BCUT2D eigenvalue weighted by molar-refractivity contribution is -0.136. The van der Waals surface area contributed by atoms with Gasteiger partial charge in [0.05, 0.1) is 5.69 Å². The van der Waals surface area contributed by atoms with Crippen LogP contribution in [0, 0.1) is 0 Å². The zero-order valence-electron chi connectivity index (χ0n) is 11.3. The fourth-order valence-electron chi connectivity index (χ4n) is 1.86. The van der Waals surface area contributed by atoms with Crippen molar-refractivity contribution in [3.05, 3.63) is 10.6 Å². The number of aromatic nitrogens is 1. The van der Waals surface area contributed by atoms with Crippen LogP contribution in [0.3, 0.4) is 0 Å². The Hall–Kier alpha value is -1.47. The lowest BCUT2D eigenvalue weighted by atomic mass is 10.2. The van der Waals surface area contributed by atoms with Gasteiger partial charge in [-0.3, -0.25) is 14.9 Å². The highest BCUT2D eigenvalue weighted by atomic mass is 32.1. The third-order valence-corrected chi connectivity index (χ3v) is 3.77. The molecule has 0 atom stereocenters. The van der Waals surface area contributed by atoms with E-state index in [1.165, 1.54) is 11.3 Å². The number of fused-ring (bicyclic) bond motifs is 1. The van der Waals surface area contributed by atoms with E-state index >= 15 is 0 Å². The van der Waals surface area contributed by atoms with E-state index < -0.39 is 11.8 Å². The zero-order chi connectivity index (χ0) is 14.0. The Bertz CT molecular complexity index is 498. The van der Waals surface area contributed by atoms with Gasteiger partial charge in [0.2, 0.25) is 0 Å². The van der Waals surface area contributed by atoms with Crippen molar-refractivity contribution in [2.75, 3.05) is 18.9 Å². The van der Waals surface area contributed by atoms with Gasteiger partial charge in [-0.05, 0) is 20.9 Å². The van der Waals surface area contributed by atoms with Gasteiger partial charge < -0.3 is 10.2 Å². The minimum Gasteiger partial charge on any atom is -0.346 e. The van der Waals surface area contributed by atoms with Gasteiger partial charge >= 0.3 is 11.8 Å². The van der Waals surface area contributed by atoms with E-state index in [0.717, 1.165) is 30.1 Å². The number of hydrogen-bond donors (Lipinski definition) is 2. The second-order valence-corrected chi connectivity index (χ2v) is 6.04. The third kappa shape index (κ3) is 3.51. The third-order valence-electron chi connectivity index (χ3n) is 2.77. The summed E-state index contributed by atoms with van der Waals surface area (Å²) >= 11 is 1.44. The quantitative estimate of drug-likeness (QED) is 0.779. The second kappa shape index (κ2) is 5.66. The van der Waals surface area contributed by atoms with Crippen molar-refractivity contribution in [1.82, 2.24) is 15.2 Å². The number of nitrogens with one attached hydrogen (secondary N) is 2. The van der Waals surface area contributed by atoms with Crippen LogP contribution >= 0.6 is 11.3 Å². The van der Waals surface area contributed by atoms with Crippen LogP contribution in [0.2, 0.25) is 0 Å². The first-order valence-corrected chi connectivity index (χ1v) is 7.06. The molecule has 104 valence electrons. The maximum Gasteiger partial charge on any atom is 0.315 e. The number of hydrogen-bond acceptors (Lipinski definition) is 5. The van der Waals surface area contributed by atoms with Crippen molar-refractivity contribution in [2.24, 2.45) is 0 Å². The first kappa shape index (κ1) is 14.0. The topological polar surface area (TPSA) is 74.3 Å². The van der Waals surface area contributed by atoms with Gasteiger partial charge in [-0.2, -0.15) is 0 Å². The molecular formula is C12H18N4O2S. The van der Waals surface area contributed by atoms with Crippen LogP contribution in [0.4, 0.5) is 5.13 Å². The van der Waals surface area contributed by atoms with Gasteiger partial charge in [-0.25, -0.2) is 4.98 Å². The number of nitrogens with zero attached hydrogens (tertiary/aromatic N) is 2. The average Bonchev–Trinajstić information content (AvgIpc) is 2.69. The van der Waals surface area contributed by atoms with E-state index in [1.54, 1.807) is 0 Å². The standard InChI is InChI=1S/C12H18N4O2S/c1-7(2)13-10(17)11(18)15-12-14-8-4-5-16(3)6-9(8)19-12/h7H,4-6H2,1-3H3,(H,13,17)(H,14,15,18). The Balaban J connectivity index is 2.00. The summed E-state index contributed by atoms with van der Waals surface area (Å²) in [7, 11) is 2.05. The predicted molar refractivity (Wildman–Crippen MR) is 74.1 cm³/mol. The van der Waals surface area contributed by atoms with Crippen molar-refractivity contribution in [2.45, 2.75) is 32.9 Å². The molecule has 2 amide bonds. The van der Waals surface area contributed by atoms with Gasteiger partial charge in [0.25, 0.3) is 0 Å². The Kier molecular flexibility index (Phi) is 4.16. The normalized spacial score (nSPS) is 15.2. The Morgan fingerprint density at radius 2 is 2.11 bits per heavy atom. The molecule has 0 aromatic carbocycles. The first-order valence-electron chi connectivity index (χ1n) is 6.24. The SMILES string of the molecule is CC(C)NC(=O)C(=O)Nc1nc2c(s1)CN(C)CC2. The van der Waals surface area contributed by atoms with Gasteiger partial charge in [0.15, 0.2) is 5.13 Å². The largest absolute Gasteiger partial charge is 0.346 e. The Morgan fingerprint density at radius 1 is 1.37 bits per heavy atom. The monoisotopic (exact) mass is 282 g/mol. The highest BCUT2D eigenvalue weighted by molar-refractivity contribution is 7.16. The van der Waals surface area contributed by atoms with E-state index in [9.17, 15) is 9.59 Å². The fraction of sp³-hybridized carbons (Fsp3) is 0.583. The predicted octanol–water partition coefficient (Wildman–Crippen LogP) is 0.594. The molecule has 0 saturated heterocycles. The van der Waals surface area contributed by atoms with Crippen molar-refractivity contribution < 1.29 is 9.59 Å². The van der Waals surface area contributed by atoms with Gasteiger partial charge in [-0.1, -0.05) is 0 Å².